The zero-order valence-corrected chi connectivity index (χ0v) is 21.8. The van der Waals surface area contributed by atoms with Crippen LogP contribution in [0.1, 0.15) is 56.4 Å². The Kier molecular flexibility index (Phi) is 7.49. The number of aldehydes is 1. The number of hydrogen-bond donors (Lipinski definition) is 4. The molecule has 198 valence electrons. The van der Waals surface area contributed by atoms with E-state index in [2.05, 4.69) is 27.0 Å². The Morgan fingerprint density at radius 3 is 2.73 bits per heavy atom. The molecule has 9 nitrogen and oxygen atoms in total. The molecular formula is C26H31ClFN5O4. The summed E-state index contributed by atoms with van der Waals surface area (Å²) >= 11 is 6.09. The van der Waals surface area contributed by atoms with Gasteiger partial charge in [0, 0.05) is 29.5 Å². The molecule has 2 aliphatic rings. The van der Waals surface area contributed by atoms with Crippen LogP contribution in [0.3, 0.4) is 0 Å². The summed E-state index contributed by atoms with van der Waals surface area (Å²) in [6.45, 7) is 3.89. The molecule has 1 aliphatic carbocycles. The number of amides is 2. The molecule has 2 fully saturated rings. The maximum atomic E-state index is 14.2. The number of rotatable bonds is 11. The molecule has 1 saturated carbocycles. The summed E-state index contributed by atoms with van der Waals surface area (Å²) in [5.41, 5.74) is -1.31. The first kappa shape index (κ1) is 26.9. The third-order valence-electron chi connectivity index (χ3n) is 7.10. The van der Waals surface area contributed by atoms with Gasteiger partial charge in [0.15, 0.2) is 0 Å². The summed E-state index contributed by atoms with van der Waals surface area (Å²) in [6.07, 6.45) is 3.90. The van der Waals surface area contributed by atoms with E-state index in [0.717, 1.165) is 18.9 Å². The van der Waals surface area contributed by atoms with Crippen LogP contribution in [0.5, 0.6) is 5.75 Å². The van der Waals surface area contributed by atoms with Gasteiger partial charge in [-0.2, -0.15) is 5.26 Å². The van der Waals surface area contributed by atoms with Gasteiger partial charge >= 0.3 is 0 Å². The first-order chi connectivity index (χ1) is 17.5. The lowest BCUT2D eigenvalue weighted by Gasteiger charge is -2.31. The number of carbonyl (C=O) groups is 3. The van der Waals surface area contributed by atoms with Crippen molar-refractivity contribution in [1.82, 2.24) is 20.9 Å². The van der Waals surface area contributed by atoms with Crippen molar-refractivity contribution in [3.05, 3.63) is 28.7 Å². The molecule has 2 heterocycles. The van der Waals surface area contributed by atoms with Gasteiger partial charge in [-0.1, -0.05) is 24.4 Å². The van der Waals surface area contributed by atoms with Gasteiger partial charge in [0.25, 0.3) is 5.91 Å². The molecule has 1 aromatic heterocycles. The Morgan fingerprint density at radius 2 is 2.16 bits per heavy atom. The molecule has 4 N–H and O–H groups in total. The van der Waals surface area contributed by atoms with Gasteiger partial charge in [-0.25, -0.2) is 4.39 Å². The highest BCUT2D eigenvalue weighted by Crippen LogP contribution is 2.37. The van der Waals surface area contributed by atoms with E-state index >= 15 is 0 Å². The number of nitriles is 1. The molecule has 0 radical (unpaired) electrons. The molecule has 1 aromatic carbocycles. The number of hydrogen-bond acceptors (Lipinski definition) is 6. The van der Waals surface area contributed by atoms with E-state index in [-0.39, 0.29) is 51.8 Å². The van der Waals surface area contributed by atoms with Crippen LogP contribution in [0.25, 0.3) is 10.9 Å². The maximum Gasteiger partial charge on any atom is 0.268 e. The first-order valence-corrected chi connectivity index (χ1v) is 12.7. The van der Waals surface area contributed by atoms with Crippen LogP contribution in [0, 0.1) is 29.0 Å². The Balaban J connectivity index is 1.52. The highest BCUT2D eigenvalue weighted by molar-refractivity contribution is 6.35. The van der Waals surface area contributed by atoms with Crippen LogP contribution in [-0.2, 0) is 9.59 Å². The number of aromatic amines is 1. The van der Waals surface area contributed by atoms with Gasteiger partial charge < -0.3 is 25.1 Å². The minimum absolute atomic E-state index is 0.0215. The number of carbonyl (C=O) groups excluding carboxylic acids is 3. The van der Waals surface area contributed by atoms with Gasteiger partial charge in [0.1, 0.15) is 34.1 Å². The second kappa shape index (κ2) is 10.3. The summed E-state index contributed by atoms with van der Waals surface area (Å²) in [7, 11) is 1.38. The lowest BCUT2D eigenvalue weighted by molar-refractivity contribution is -0.123. The topological polar surface area (TPSA) is 136 Å². The summed E-state index contributed by atoms with van der Waals surface area (Å²) < 4.78 is 19.4. The molecule has 2 aromatic rings. The van der Waals surface area contributed by atoms with E-state index in [4.69, 9.17) is 16.3 Å². The fraction of sp³-hybridized carbons (Fsp3) is 0.538. The summed E-state index contributed by atoms with van der Waals surface area (Å²) in [6, 6.07) is 4.13. The van der Waals surface area contributed by atoms with Crippen molar-refractivity contribution >= 4 is 40.6 Å². The zero-order valence-electron chi connectivity index (χ0n) is 21.0. The van der Waals surface area contributed by atoms with E-state index in [9.17, 15) is 24.0 Å². The third kappa shape index (κ3) is 5.89. The average Bonchev–Trinajstić information content (AvgIpc) is 3.47. The molecule has 0 bridgehead atoms. The van der Waals surface area contributed by atoms with Crippen molar-refractivity contribution < 1.29 is 23.5 Å². The SMILES string of the molecule is COc1cc(F)c(Cl)c2[nH]c(C(=O)N[C@@](C=O)(CN[C@H](C#N)C[C@@H]3CC(C)(C)NC3=O)CC3CC3)cc12. The smallest absolute Gasteiger partial charge is 0.268 e. The third-order valence-corrected chi connectivity index (χ3v) is 7.47. The molecule has 2 amide bonds. The van der Waals surface area contributed by atoms with Gasteiger partial charge in [-0.15, -0.1) is 0 Å². The number of benzene rings is 1. The largest absolute Gasteiger partial charge is 0.496 e. The number of aromatic nitrogens is 1. The van der Waals surface area contributed by atoms with Crippen LogP contribution in [0.4, 0.5) is 4.39 Å². The number of H-pyrrole nitrogens is 1. The van der Waals surface area contributed by atoms with Crippen molar-refractivity contribution in [3.63, 3.8) is 0 Å². The predicted molar refractivity (Wildman–Crippen MR) is 136 cm³/mol. The van der Waals surface area contributed by atoms with E-state index < -0.39 is 23.3 Å². The van der Waals surface area contributed by atoms with Gasteiger partial charge in [0.05, 0.1) is 24.7 Å². The molecular weight excluding hydrogens is 501 g/mol. The zero-order chi connectivity index (χ0) is 27.0. The number of fused-ring (bicyclic) bond motifs is 1. The Morgan fingerprint density at radius 1 is 1.43 bits per heavy atom. The lowest BCUT2D eigenvalue weighted by Crippen LogP contribution is -2.58. The Hall–Kier alpha value is -3.16. The highest BCUT2D eigenvalue weighted by atomic mass is 35.5. The number of nitrogens with one attached hydrogen (secondary N) is 4. The normalized spacial score (nSPS) is 21.1. The molecule has 0 unspecified atom stereocenters. The molecule has 1 saturated heterocycles. The summed E-state index contributed by atoms with van der Waals surface area (Å²) in [4.78, 5) is 40.8. The second-order valence-corrected chi connectivity index (χ2v) is 11.2. The van der Waals surface area contributed by atoms with Crippen molar-refractivity contribution in [1.29, 1.82) is 5.26 Å². The van der Waals surface area contributed by atoms with Crippen molar-refractivity contribution in [2.75, 3.05) is 13.7 Å². The van der Waals surface area contributed by atoms with Crippen LogP contribution in [0.15, 0.2) is 12.1 Å². The molecule has 1 aliphatic heterocycles. The summed E-state index contributed by atoms with van der Waals surface area (Å²) in [5, 5.41) is 18.8. The molecule has 37 heavy (non-hydrogen) atoms. The van der Waals surface area contributed by atoms with Crippen LogP contribution >= 0.6 is 11.6 Å². The fourth-order valence-corrected chi connectivity index (χ4v) is 5.27. The molecule has 4 rings (SSSR count). The Labute approximate surface area is 219 Å². The van der Waals surface area contributed by atoms with E-state index in [0.29, 0.717) is 30.9 Å². The van der Waals surface area contributed by atoms with E-state index in [1.54, 1.807) is 0 Å². The highest BCUT2D eigenvalue weighted by Gasteiger charge is 2.41. The monoisotopic (exact) mass is 531 g/mol. The quantitative estimate of drug-likeness (QED) is 0.329. The van der Waals surface area contributed by atoms with Crippen molar-refractivity contribution in [2.24, 2.45) is 11.8 Å². The molecule has 11 heteroatoms. The lowest BCUT2D eigenvalue weighted by atomic mass is 9.90. The number of nitrogens with zero attached hydrogens (tertiary/aromatic N) is 1. The first-order valence-electron chi connectivity index (χ1n) is 12.3. The second-order valence-electron chi connectivity index (χ2n) is 10.8. The van der Waals surface area contributed by atoms with Crippen molar-refractivity contribution in [2.45, 2.75) is 63.1 Å². The van der Waals surface area contributed by atoms with Crippen LogP contribution < -0.4 is 20.7 Å². The number of ether oxygens (including phenoxy) is 1. The van der Waals surface area contributed by atoms with Crippen molar-refractivity contribution in [3.8, 4) is 11.8 Å². The standard InChI is InChI=1S/C26H31ClFN5O4/c1-25(2)10-15(23(35)32-25)6-16(11-29)30-12-26(13-34,9-14-4-5-14)33-24(36)19-7-17-20(37-3)8-18(28)21(27)22(17)31-19/h7-8,13-16,30-31H,4-6,9-10,12H2,1-3H3,(H,32,35)(H,33,36)/t15-,16+,26-/m1/s1. The summed E-state index contributed by atoms with van der Waals surface area (Å²) in [5.74, 6) is -1.19. The molecule has 3 atom stereocenters. The average molecular weight is 532 g/mol. The maximum absolute atomic E-state index is 14.2. The van der Waals surface area contributed by atoms with Crippen LogP contribution in [0.2, 0.25) is 5.02 Å². The van der Waals surface area contributed by atoms with E-state index in [1.807, 2.05) is 13.8 Å². The predicted octanol–water partition coefficient (Wildman–Crippen LogP) is 3.22. The minimum Gasteiger partial charge on any atom is -0.496 e. The van der Waals surface area contributed by atoms with Gasteiger partial charge in [0.2, 0.25) is 5.91 Å². The number of halogens is 2. The van der Waals surface area contributed by atoms with Crippen LogP contribution in [-0.4, -0.2) is 53.9 Å². The molecule has 0 spiro atoms. The number of methoxy groups -OCH3 is 1. The minimum atomic E-state index is -1.28. The van der Waals surface area contributed by atoms with E-state index in [1.165, 1.54) is 13.2 Å². The fourth-order valence-electron chi connectivity index (χ4n) is 5.06. The van der Waals surface area contributed by atoms with Gasteiger partial charge in [-0.3, -0.25) is 14.9 Å². The Bertz CT molecular complexity index is 1270. The van der Waals surface area contributed by atoms with Gasteiger partial charge in [-0.05, 0) is 45.1 Å².